The second-order valence-corrected chi connectivity index (χ2v) is 7.36. The maximum Gasteiger partial charge on any atom is 0.255 e. The van der Waals surface area contributed by atoms with Gasteiger partial charge in [-0.15, -0.1) is 0 Å². The Morgan fingerprint density at radius 2 is 1.90 bits per heavy atom. The normalized spacial score (nSPS) is 11.6. The van der Waals surface area contributed by atoms with Crippen LogP contribution in [0.5, 0.6) is 11.5 Å². The second-order valence-electron chi connectivity index (χ2n) is 6.57. The minimum atomic E-state index is -0.853. The van der Waals surface area contributed by atoms with Crippen molar-refractivity contribution < 1.29 is 19.4 Å². The van der Waals surface area contributed by atoms with E-state index in [-0.39, 0.29) is 33.7 Å². The fourth-order valence-corrected chi connectivity index (χ4v) is 3.35. The summed E-state index contributed by atoms with van der Waals surface area (Å²) >= 11 is 12.4. The van der Waals surface area contributed by atoms with Crippen LogP contribution < -0.4 is 21.1 Å². The Morgan fingerprint density at radius 3 is 2.53 bits per heavy atom. The summed E-state index contributed by atoms with van der Waals surface area (Å²) in [5.74, 6) is -1.43. The number of nitrogens with two attached hydrogens (primary N) is 1. The average molecular weight is 454 g/mol. The molecule has 9 heteroatoms. The van der Waals surface area contributed by atoms with Crippen molar-refractivity contribution in [1.82, 2.24) is 10.6 Å². The molecule has 7 nitrogen and oxygen atoms in total. The van der Waals surface area contributed by atoms with Gasteiger partial charge in [-0.25, -0.2) is 0 Å². The maximum absolute atomic E-state index is 12.8. The van der Waals surface area contributed by atoms with E-state index >= 15 is 0 Å². The van der Waals surface area contributed by atoms with Crippen LogP contribution >= 0.6 is 23.2 Å². The fourth-order valence-electron chi connectivity index (χ4n) is 2.79. The number of amides is 2. The molecule has 0 aliphatic heterocycles. The van der Waals surface area contributed by atoms with Gasteiger partial charge in [-0.2, -0.15) is 0 Å². The number of ether oxygens (including phenoxy) is 1. The first-order valence-electron chi connectivity index (χ1n) is 9.49. The van der Waals surface area contributed by atoms with E-state index in [1.807, 2.05) is 30.3 Å². The highest BCUT2D eigenvalue weighted by atomic mass is 35.5. The molecule has 2 amide bonds. The Morgan fingerprint density at radius 1 is 1.20 bits per heavy atom. The lowest BCUT2D eigenvalue weighted by Gasteiger charge is -2.19. The second kappa shape index (κ2) is 11.6. The van der Waals surface area contributed by atoms with Gasteiger partial charge in [0.05, 0.1) is 17.2 Å². The van der Waals surface area contributed by atoms with Crippen molar-refractivity contribution in [2.45, 2.75) is 25.3 Å². The minimum absolute atomic E-state index is 0.0789. The van der Waals surface area contributed by atoms with E-state index in [9.17, 15) is 14.7 Å². The molecule has 0 aliphatic carbocycles. The summed E-state index contributed by atoms with van der Waals surface area (Å²) in [6.07, 6.45) is 1.74. The quantitative estimate of drug-likeness (QED) is 0.413. The van der Waals surface area contributed by atoms with Crippen LogP contribution in [0.1, 0.15) is 28.8 Å². The number of aromatic hydroxyl groups is 1. The van der Waals surface area contributed by atoms with Gasteiger partial charge in [0, 0.05) is 13.5 Å². The lowest BCUT2D eigenvalue weighted by molar-refractivity contribution is -0.122. The molecular weight excluding hydrogens is 429 g/mol. The highest BCUT2D eigenvalue weighted by Crippen LogP contribution is 2.42. The standard InChI is InChI=1S/C21H25Cl2N3O4/c1-25-21(29)16(11-13-7-3-2-4-8-13)26-20(28)14-12-15(22)19(17(23)18(14)27)30-10-6-5-9-24/h2-4,7-8,12,16,27H,5-6,9-11,24H2,1H3,(H,25,29)(H,26,28)/t16-/m0/s1. The molecule has 0 saturated heterocycles. The zero-order valence-electron chi connectivity index (χ0n) is 16.6. The zero-order valence-corrected chi connectivity index (χ0v) is 18.1. The number of phenolic OH excluding ortho intramolecular Hbond substituents is 1. The molecule has 2 aromatic rings. The summed E-state index contributed by atoms with van der Waals surface area (Å²) < 4.78 is 5.53. The molecule has 2 aromatic carbocycles. The van der Waals surface area contributed by atoms with E-state index in [0.29, 0.717) is 19.6 Å². The molecule has 1 atom stereocenters. The lowest BCUT2D eigenvalue weighted by Crippen LogP contribution is -2.47. The summed E-state index contributed by atoms with van der Waals surface area (Å²) in [6, 6.07) is 9.66. The number of hydrogen-bond donors (Lipinski definition) is 4. The van der Waals surface area contributed by atoms with E-state index < -0.39 is 17.7 Å². The van der Waals surface area contributed by atoms with Gasteiger partial charge in [-0.1, -0.05) is 53.5 Å². The molecule has 0 bridgehead atoms. The topological polar surface area (TPSA) is 114 Å². The molecule has 0 fully saturated rings. The summed E-state index contributed by atoms with van der Waals surface area (Å²) in [7, 11) is 1.48. The zero-order chi connectivity index (χ0) is 22.1. The van der Waals surface area contributed by atoms with Gasteiger partial charge in [-0.3, -0.25) is 9.59 Å². The number of rotatable bonds is 10. The van der Waals surface area contributed by atoms with Crippen LogP contribution in [-0.4, -0.2) is 43.2 Å². The van der Waals surface area contributed by atoms with Crippen molar-refractivity contribution in [3.63, 3.8) is 0 Å². The smallest absolute Gasteiger partial charge is 0.255 e. The first kappa shape index (κ1) is 23.8. The van der Waals surface area contributed by atoms with Crippen molar-refractivity contribution in [2.24, 2.45) is 5.73 Å². The number of phenols is 1. The summed E-state index contributed by atoms with van der Waals surface area (Å²) in [5, 5.41) is 15.5. The maximum atomic E-state index is 12.8. The van der Waals surface area contributed by atoms with E-state index in [1.165, 1.54) is 13.1 Å². The number of nitrogens with one attached hydrogen (secondary N) is 2. The SMILES string of the molecule is CNC(=O)[C@H](Cc1ccccc1)NC(=O)c1cc(Cl)c(OCCCCN)c(Cl)c1O. The molecule has 0 aromatic heterocycles. The third-order valence-electron chi connectivity index (χ3n) is 4.39. The van der Waals surface area contributed by atoms with Crippen LogP contribution in [0.25, 0.3) is 0 Å². The molecule has 0 unspecified atom stereocenters. The van der Waals surface area contributed by atoms with E-state index in [2.05, 4.69) is 10.6 Å². The van der Waals surface area contributed by atoms with E-state index in [4.69, 9.17) is 33.7 Å². The molecular formula is C21H25Cl2N3O4. The van der Waals surface area contributed by atoms with Crippen molar-refractivity contribution in [3.05, 3.63) is 57.6 Å². The van der Waals surface area contributed by atoms with Crippen LogP contribution in [0.3, 0.4) is 0 Å². The first-order chi connectivity index (χ1) is 14.4. The number of likely N-dealkylation sites (N-methyl/N-ethyl adjacent to an activating group) is 1. The number of hydrogen-bond acceptors (Lipinski definition) is 5. The third-order valence-corrected chi connectivity index (χ3v) is 5.02. The molecule has 0 aliphatic rings. The van der Waals surface area contributed by atoms with Crippen molar-refractivity contribution in [3.8, 4) is 11.5 Å². The Labute approximate surface area is 185 Å². The van der Waals surface area contributed by atoms with Crippen LogP contribution in [0.2, 0.25) is 10.0 Å². The van der Waals surface area contributed by atoms with Gasteiger partial charge in [0.2, 0.25) is 5.91 Å². The molecule has 2 rings (SSSR count). The Bertz CT molecular complexity index is 878. The minimum Gasteiger partial charge on any atom is -0.505 e. The van der Waals surface area contributed by atoms with Gasteiger partial charge in [0.1, 0.15) is 11.1 Å². The largest absolute Gasteiger partial charge is 0.505 e. The van der Waals surface area contributed by atoms with E-state index in [0.717, 1.165) is 12.0 Å². The predicted octanol–water partition coefficient (Wildman–Crippen LogP) is 2.90. The monoisotopic (exact) mass is 453 g/mol. The predicted molar refractivity (Wildman–Crippen MR) is 117 cm³/mol. The van der Waals surface area contributed by atoms with Crippen molar-refractivity contribution in [2.75, 3.05) is 20.2 Å². The molecule has 5 N–H and O–H groups in total. The van der Waals surface area contributed by atoms with Crippen molar-refractivity contribution >= 4 is 35.0 Å². The summed E-state index contributed by atoms with van der Waals surface area (Å²) in [5.41, 5.74) is 6.16. The van der Waals surface area contributed by atoms with Gasteiger partial charge in [-0.05, 0) is 31.0 Å². The van der Waals surface area contributed by atoms with Gasteiger partial charge < -0.3 is 26.2 Å². The summed E-state index contributed by atoms with van der Waals surface area (Å²) in [4.78, 5) is 25.0. The highest BCUT2D eigenvalue weighted by Gasteiger charge is 2.25. The number of carbonyl (C=O) groups excluding carboxylic acids is 2. The number of carbonyl (C=O) groups is 2. The molecule has 0 heterocycles. The number of unbranched alkanes of at least 4 members (excludes halogenated alkanes) is 1. The first-order valence-corrected chi connectivity index (χ1v) is 10.2. The fraction of sp³-hybridized carbons (Fsp3) is 0.333. The van der Waals surface area contributed by atoms with Gasteiger partial charge in [0.25, 0.3) is 5.91 Å². The van der Waals surface area contributed by atoms with Crippen molar-refractivity contribution in [1.29, 1.82) is 0 Å². The Hall–Kier alpha value is -2.48. The molecule has 0 radical (unpaired) electrons. The Kier molecular flexibility index (Phi) is 9.23. The average Bonchev–Trinajstić information content (AvgIpc) is 2.75. The van der Waals surface area contributed by atoms with Gasteiger partial charge >= 0.3 is 0 Å². The van der Waals surface area contributed by atoms with E-state index in [1.54, 1.807) is 0 Å². The number of halogens is 2. The number of benzene rings is 2. The van der Waals surface area contributed by atoms with Crippen LogP contribution in [-0.2, 0) is 11.2 Å². The van der Waals surface area contributed by atoms with Crippen LogP contribution in [0, 0.1) is 0 Å². The Balaban J connectivity index is 2.20. The van der Waals surface area contributed by atoms with Crippen LogP contribution in [0.4, 0.5) is 0 Å². The van der Waals surface area contributed by atoms with Crippen LogP contribution in [0.15, 0.2) is 36.4 Å². The molecule has 162 valence electrons. The third kappa shape index (κ3) is 6.26. The van der Waals surface area contributed by atoms with Gasteiger partial charge in [0.15, 0.2) is 11.5 Å². The highest BCUT2D eigenvalue weighted by molar-refractivity contribution is 6.39. The molecule has 0 saturated carbocycles. The lowest BCUT2D eigenvalue weighted by atomic mass is 10.0. The summed E-state index contributed by atoms with van der Waals surface area (Å²) in [6.45, 7) is 0.849. The molecule has 30 heavy (non-hydrogen) atoms. The molecule has 0 spiro atoms.